The topological polar surface area (TPSA) is 44.2 Å². The summed E-state index contributed by atoms with van der Waals surface area (Å²) in [7, 11) is 0. The highest BCUT2D eigenvalue weighted by Crippen LogP contribution is 2.25. The van der Waals surface area contributed by atoms with E-state index in [9.17, 15) is 0 Å². The van der Waals surface area contributed by atoms with Crippen LogP contribution in [0.5, 0.6) is 0 Å². The second kappa shape index (κ2) is 7.43. The first-order valence-corrected chi connectivity index (χ1v) is 7.39. The van der Waals surface area contributed by atoms with E-state index in [1.165, 1.54) is 0 Å². The zero-order valence-corrected chi connectivity index (χ0v) is 12.0. The van der Waals surface area contributed by atoms with Gasteiger partial charge in [0.1, 0.15) is 11.4 Å². The first-order chi connectivity index (χ1) is 9.35. The molecule has 0 bridgehead atoms. The van der Waals surface area contributed by atoms with Crippen molar-refractivity contribution in [2.24, 2.45) is 0 Å². The van der Waals surface area contributed by atoms with Gasteiger partial charge in [-0.1, -0.05) is 18.2 Å². The predicted molar refractivity (Wildman–Crippen MR) is 77.3 cm³/mol. The largest absolute Gasteiger partial charge is 0.352 e. The number of ether oxygens (including phenoxy) is 2. The van der Waals surface area contributed by atoms with Crippen LogP contribution in [0, 0.1) is 0 Å². The van der Waals surface area contributed by atoms with Gasteiger partial charge in [0.25, 0.3) is 0 Å². The minimum absolute atomic E-state index is 0.186. The fraction of sp³-hybridized carbons (Fsp3) is 0.429. The van der Waals surface area contributed by atoms with Gasteiger partial charge in [-0.15, -0.1) is 11.8 Å². The summed E-state index contributed by atoms with van der Waals surface area (Å²) in [6.07, 6.45) is 1.41. The molecule has 0 atom stereocenters. The molecule has 0 aliphatic carbocycles. The fourth-order valence-electron chi connectivity index (χ4n) is 1.76. The summed E-state index contributed by atoms with van der Waals surface area (Å²) in [5.41, 5.74) is 0.962. The van der Waals surface area contributed by atoms with Crippen molar-refractivity contribution in [1.29, 1.82) is 0 Å². The number of aromatic nitrogens is 2. The van der Waals surface area contributed by atoms with E-state index < -0.39 is 0 Å². The van der Waals surface area contributed by atoms with E-state index in [0.29, 0.717) is 13.2 Å². The quantitative estimate of drug-likeness (QED) is 0.442. The van der Waals surface area contributed by atoms with Gasteiger partial charge in [0.2, 0.25) is 0 Å². The number of rotatable bonds is 7. The maximum atomic E-state index is 5.53. The molecule has 0 radical (unpaired) electrons. The first kappa shape index (κ1) is 14.2. The molecule has 0 spiro atoms. The molecule has 1 aromatic heterocycles. The van der Waals surface area contributed by atoms with Gasteiger partial charge in [-0.3, -0.25) is 0 Å². The predicted octanol–water partition coefficient (Wildman–Crippen LogP) is 3.12. The van der Waals surface area contributed by atoms with Crippen molar-refractivity contribution < 1.29 is 9.47 Å². The second-order valence-electron chi connectivity index (χ2n) is 3.85. The Morgan fingerprint density at radius 2 is 1.84 bits per heavy atom. The number of benzene rings is 1. The molecule has 19 heavy (non-hydrogen) atoms. The summed E-state index contributed by atoms with van der Waals surface area (Å²) in [6, 6.07) is 8.00. The molecule has 102 valence electrons. The molecule has 0 aliphatic heterocycles. The third kappa shape index (κ3) is 3.89. The van der Waals surface area contributed by atoms with Gasteiger partial charge in [-0.25, -0.2) is 9.97 Å². The lowest BCUT2D eigenvalue weighted by molar-refractivity contribution is -0.120. The van der Waals surface area contributed by atoms with Crippen molar-refractivity contribution in [2.75, 3.05) is 19.0 Å². The van der Waals surface area contributed by atoms with Gasteiger partial charge in [0, 0.05) is 18.6 Å². The number of thioether (sulfide) groups is 1. The van der Waals surface area contributed by atoms with Crippen molar-refractivity contribution in [2.45, 2.75) is 25.2 Å². The average molecular weight is 278 g/mol. The molecule has 1 heterocycles. The number of hydrogen-bond donors (Lipinski definition) is 0. The van der Waals surface area contributed by atoms with Gasteiger partial charge in [0.05, 0.1) is 11.3 Å². The molecule has 0 amide bonds. The molecule has 4 nitrogen and oxygen atoms in total. The van der Waals surface area contributed by atoms with Crippen LogP contribution >= 0.6 is 11.8 Å². The Kier molecular flexibility index (Phi) is 5.57. The van der Waals surface area contributed by atoms with E-state index in [4.69, 9.17) is 9.47 Å². The molecule has 0 fully saturated rings. The van der Waals surface area contributed by atoms with Gasteiger partial charge in [-0.2, -0.15) is 0 Å². The molecule has 0 aliphatic rings. The monoisotopic (exact) mass is 278 g/mol. The molecule has 5 heteroatoms. The van der Waals surface area contributed by atoms with Crippen LogP contribution in [-0.4, -0.2) is 35.2 Å². The fourth-order valence-corrected chi connectivity index (χ4v) is 2.69. The molecule has 0 N–H and O–H groups in total. The lowest BCUT2D eigenvalue weighted by Gasteiger charge is -2.16. The van der Waals surface area contributed by atoms with Crippen LogP contribution in [0.3, 0.4) is 0 Å². The Labute approximate surface area is 117 Å². The smallest absolute Gasteiger partial charge is 0.166 e. The van der Waals surface area contributed by atoms with Gasteiger partial charge >= 0.3 is 0 Å². The van der Waals surface area contributed by atoms with Crippen molar-refractivity contribution in [3.8, 4) is 0 Å². The van der Waals surface area contributed by atoms with Gasteiger partial charge in [-0.05, 0) is 19.9 Å². The highest BCUT2D eigenvalue weighted by Gasteiger charge is 2.11. The van der Waals surface area contributed by atoms with Crippen molar-refractivity contribution in [1.82, 2.24) is 9.97 Å². The number of para-hydroxylation sites is 1. The maximum Gasteiger partial charge on any atom is 0.166 e. The Morgan fingerprint density at radius 3 is 2.58 bits per heavy atom. The Hall–Kier alpha value is -1.17. The summed E-state index contributed by atoms with van der Waals surface area (Å²) in [6.45, 7) is 5.24. The molecule has 2 aromatic rings. The van der Waals surface area contributed by atoms with Crippen LogP contribution in [0.2, 0.25) is 0 Å². The first-order valence-electron chi connectivity index (χ1n) is 6.40. The highest BCUT2D eigenvalue weighted by atomic mass is 32.2. The standard InChI is InChI=1S/C14H18N2O2S/c1-3-17-13(18-4-2)9-19-14-11-7-5-6-8-12(11)15-10-16-14/h5-8,10,13H,3-4,9H2,1-2H3. The van der Waals surface area contributed by atoms with Crippen molar-refractivity contribution in [3.05, 3.63) is 30.6 Å². The molecular formula is C14H18N2O2S. The molecule has 1 aromatic carbocycles. The molecular weight excluding hydrogens is 260 g/mol. The van der Waals surface area contributed by atoms with Crippen LogP contribution in [0.1, 0.15) is 13.8 Å². The summed E-state index contributed by atoms with van der Waals surface area (Å²) in [4.78, 5) is 8.59. The third-order valence-electron chi connectivity index (χ3n) is 2.57. The third-order valence-corrected chi connectivity index (χ3v) is 3.61. The normalized spacial score (nSPS) is 11.3. The lowest BCUT2D eigenvalue weighted by atomic mass is 10.2. The Bertz CT molecular complexity index is 510. The molecule has 2 rings (SSSR count). The van der Waals surface area contributed by atoms with Crippen molar-refractivity contribution >= 4 is 22.7 Å². The number of nitrogens with zero attached hydrogens (tertiary/aromatic N) is 2. The SMILES string of the molecule is CCOC(CSc1ncnc2ccccc12)OCC. The van der Waals surface area contributed by atoms with Crippen LogP contribution < -0.4 is 0 Å². The summed E-state index contributed by atoms with van der Waals surface area (Å²) in [5, 5.41) is 2.04. The molecule has 0 saturated heterocycles. The summed E-state index contributed by atoms with van der Waals surface area (Å²) < 4.78 is 11.1. The zero-order valence-electron chi connectivity index (χ0n) is 11.2. The summed E-state index contributed by atoms with van der Waals surface area (Å²) >= 11 is 1.64. The van der Waals surface area contributed by atoms with Crippen molar-refractivity contribution in [3.63, 3.8) is 0 Å². The average Bonchev–Trinajstić information content (AvgIpc) is 2.45. The minimum Gasteiger partial charge on any atom is -0.352 e. The van der Waals surface area contributed by atoms with Crippen LogP contribution in [0.25, 0.3) is 10.9 Å². The van der Waals surface area contributed by atoms with Gasteiger partial charge in [0.15, 0.2) is 6.29 Å². The number of fused-ring (bicyclic) bond motifs is 1. The molecule has 0 saturated carbocycles. The molecule has 0 unspecified atom stereocenters. The van der Waals surface area contributed by atoms with E-state index >= 15 is 0 Å². The van der Waals surface area contributed by atoms with Crippen LogP contribution in [-0.2, 0) is 9.47 Å². The van der Waals surface area contributed by atoms with Gasteiger partial charge < -0.3 is 9.47 Å². The van der Waals surface area contributed by atoms with E-state index in [0.717, 1.165) is 21.7 Å². The maximum absolute atomic E-state index is 5.53. The highest BCUT2D eigenvalue weighted by molar-refractivity contribution is 7.99. The van der Waals surface area contributed by atoms with E-state index in [2.05, 4.69) is 9.97 Å². The Balaban J connectivity index is 2.08. The number of hydrogen-bond acceptors (Lipinski definition) is 5. The van der Waals surface area contributed by atoms with E-state index in [1.807, 2.05) is 38.1 Å². The second-order valence-corrected chi connectivity index (χ2v) is 4.86. The minimum atomic E-state index is -0.186. The zero-order chi connectivity index (χ0) is 13.5. The Morgan fingerprint density at radius 1 is 1.11 bits per heavy atom. The lowest BCUT2D eigenvalue weighted by Crippen LogP contribution is -2.20. The van der Waals surface area contributed by atoms with E-state index in [-0.39, 0.29) is 6.29 Å². The summed E-state index contributed by atoms with van der Waals surface area (Å²) in [5.74, 6) is 0.725. The van der Waals surface area contributed by atoms with Crippen LogP contribution in [0.15, 0.2) is 35.6 Å². The van der Waals surface area contributed by atoms with Crippen LogP contribution in [0.4, 0.5) is 0 Å². The van der Waals surface area contributed by atoms with E-state index in [1.54, 1.807) is 18.1 Å².